The Bertz CT molecular complexity index is 512. The average Bonchev–Trinajstić information content (AvgIpc) is 2.81. The summed E-state index contributed by atoms with van der Waals surface area (Å²) in [7, 11) is 0. The summed E-state index contributed by atoms with van der Waals surface area (Å²) < 4.78 is 12.9. The van der Waals surface area contributed by atoms with Gasteiger partial charge in [-0.2, -0.15) is 0 Å². The Kier molecular flexibility index (Phi) is 4.94. The number of halogens is 1. The molecule has 0 unspecified atom stereocenters. The number of hydrogen-bond acceptors (Lipinski definition) is 2. The lowest BCUT2D eigenvalue weighted by Gasteiger charge is -2.19. The molecule has 5 heteroatoms. The molecule has 0 spiro atoms. The van der Waals surface area contributed by atoms with Crippen LogP contribution in [0.3, 0.4) is 0 Å². The van der Waals surface area contributed by atoms with E-state index in [1.807, 2.05) is 13.8 Å². The Morgan fingerprint density at radius 2 is 1.95 bits per heavy atom. The molecule has 0 bridgehead atoms. The molecule has 4 nitrogen and oxygen atoms in total. The van der Waals surface area contributed by atoms with Crippen molar-refractivity contribution >= 4 is 17.5 Å². The van der Waals surface area contributed by atoms with E-state index >= 15 is 0 Å². The highest BCUT2D eigenvalue weighted by atomic mass is 19.1. The van der Waals surface area contributed by atoms with E-state index in [-0.39, 0.29) is 29.6 Å². The van der Waals surface area contributed by atoms with Gasteiger partial charge in [0.2, 0.25) is 11.8 Å². The molecule has 0 aromatic heterocycles. The van der Waals surface area contributed by atoms with Gasteiger partial charge in [0.15, 0.2) is 0 Å². The maximum absolute atomic E-state index is 12.9. The normalized spacial score (nSPS) is 18.4. The molecule has 114 valence electrons. The van der Waals surface area contributed by atoms with E-state index in [1.165, 1.54) is 12.1 Å². The van der Waals surface area contributed by atoms with Crippen LogP contribution >= 0.6 is 0 Å². The summed E-state index contributed by atoms with van der Waals surface area (Å²) in [4.78, 5) is 25.7. The van der Waals surface area contributed by atoms with Crippen LogP contribution < -0.4 is 10.2 Å². The third-order valence-corrected chi connectivity index (χ3v) is 3.97. The van der Waals surface area contributed by atoms with Crippen molar-refractivity contribution < 1.29 is 14.0 Å². The number of hydrogen-bond donors (Lipinski definition) is 1. The van der Waals surface area contributed by atoms with Gasteiger partial charge in [-0.15, -0.1) is 0 Å². The van der Waals surface area contributed by atoms with Gasteiger partial charge >= 0.3 is 0 Å². The minimum Gasteiger partial charge on any atom is -0.351 e. The van der Waals surface area contributed by atoms with Crippen molar-refractivity contribution in [1.82, 2.24) is 5.32 Å². The highest BCUT2D eigenvalue weighted by Gasteiger charge is 2.32. The Morgan fingerprint density at radius 1 is 1.33 bits per heavy atom. The molecule has 21 heavy (non-hydrogen) atoms. The first-order valence-corrected chi connectivity index (χ1v) is 7.41. The quantitative estimate of drug-likeness (QED) is 0.906. The standard InChI is InChI=1S/C16H21FN2O2/c1-3-11(4-2)16(21)18-13-9-15(20)19(10-13)14-7-5-12(17)6-8-14/h5-8,11,13H,3-4,9-10H2,1-2H3,(H,18,21)/t13-/m1/s1. The van der Waals surface area contributed by atoms with Crippen molar-refractivity contribution in [2.45, 2.75) is 39.2 Å². The predicted octanol–water partition coefficient (Wildman–Crippen LogP) is 2.48. The van der Waals surface area contributed by atoms with Crippen LogP contribution in [-0.2, 0) is 9.59 Å². The number of anilines is 1. The molecule has 1 aliphatic heterocycles. The van der Waals surface area contributed by atoms with Crippen molar-refractivity contribution in [3.05, 3.63) is 30.1 Å². The number of benzene rings is 1. The molecule has 0 radical (unpaired) electrons. The molecule has 1 heterocycles. The summed E-state index contributed by atoms with van der Waals surface area (Å²) in [5.41, 5.74) is 0.667. The van der Waals surface area contributed by atoms with Gasteiger partial charge in [0.1, 0.15) is 5.82 Å². The van der Waals surface area contributed by atoms with Crippen LogP contribution in [0.5, 0.6) is 0 Å². The second kappa shape index (κ2) is 6.70. The SMILES string of the molecule is CCC(CC)C(=O)N[C@@H]1CC(=O)N(c2ccc(F)cc2)C1. The minimum absolute atomic E-state index is 0.0000248. The Hall–Kier alpha value is -1.91. The topological polar surface area (TPSA) is 49.4 Å². The second-order valence-electron chi connectivity index (χ2n) is 5.40. The molecule has 1 N–H and O–H groups in total. The highest BCUT2D eigenvalue weighted by Crippen LogP contribution is 2.22. The summed E-state index contributed by atoms with van der Waals surface area (Å²) >= 11 is 0. The van der Waals surface area contributed by atoms with Crippen LogP contribution in [-0.4, -0.2) is 24.4 Å². The summed E-state index contributed by atoms with van der Waals surface area (Å²) in [6, 6.07) is 5.66. The van der Waals surface area contributed by atoms with Gasteiger partial charge in [0, 0.05) is 24.6 Å². The third-order valence-electron chi connectivity index (χ3n) is 3.97. The van der Waals surface area contributed by atoms with Gasteiger partial charge in [-0.1, -0.05) is 13.8 Å². The van der Waals surface area contributed by atoms with Crippen LogP contribution in [0.2, 0.25) is 0 Å². The first-order valence-electron chi connectivity index (χ1n) is 7.41. The molecule has 1 atom stereocenters. The number of carbonyl (C=O) groups excluding carboxylic acids is 2. The van der Waals surface area contributed by atoms with Crippen LogP contribution in [0.1, 0.15) is 33.1 Å². The molecule has 0 aliphatic carbocycles. The number of nitrogens with one attached hydrogen (secondary N) is 1. The number of nitrogens with zero attached hydrogens (tertiary/aromatic N) is 1. The van der Waals surface area contributed by atoms with E-state index in [0.29, 0.717) is 18.7 Å². The molecule has 1 aromatic carbocycles. The van der Waals surface area contributed by atoms with Gasteiger partial charge < -0.3 is 10.2 Å². The van der Waals surface area contributed by atoms with E-state index in [2.05, 4.69) is 5.32 Å². The maximum Gasteiger partial charge on any atom is 0.229 e. The Balaban J connectivity index is 1.99. The Labute approximate surface area is 124 Å². The van der Waals surface area contributed by atoms with Crippen molar-refractivity contribution in [3.8, 4) is 0 Å². The molecule has 2 rings (SSSR count). The molecule has 2 amide bonds. The molecule has 1 fully saturated rings. The summed E-state index contributed by atoms with van der Waals surface area (Å²) in [5, 5.41) is 2.95. The lowest BCUT2D eigenvalue weighted by molar-refractivity contribution is -0.125. The molecule has 1 aliphatic rings. The molecule has 1 saturated heterocycles. The van der Waals surface area contributed by atoms with E-state index in [4.69, 9.17) is 0 Å². The summed E-state index contributed by atoms with van der Waals surface area (Å²) in [6.07, 6.45) is 1.89. The third kappa shape index (κ3) is 3.60. The lowest BCUT2D eigenvalue weighted by Crippen LogP contribution is -2.40. The average molecular weight is 292 g/mol. The van der Waals surface area contributed by atoms with Crippen molar-refractivity contribution in [3.63, 3.8) is 0 Å². The zero-order valence-corrected chi connectivity index (χ0v) is 12.4. The van der Waals surface area contributed by atoms with Gasteiger partial charge in [0.05, 0.1) is 6.04 Å². The highest BCUT2D eigenvalue weighted by molar-refractivity contribution is 5.96. The zero-order chi connectivity index (χ0) is 15.4. The van der Waals surface area contributed by atoms with Gasteiger partial charge in [-0.3, -0.25) is 9.59 Å². The monoisotopic (exact) mass is 292 g/mol. The fourth-order valence-corrected chi connectivity index (χ4v) is 2.65. The van der Waals surface area contributed by atoms with Gasteiger partial charge in [-0.05, 0) is 37.1 Å². The smallest absolute Gasteiger partial charge is 0.229 e. The van der Waals surface area contributed by atoms with Crippen LogP contribution in [0.4, 0.5) is 10.1 Å². The summed E-state index contributed by atoms with van der Waals surface area (Å²) in [5.74, 6) is -0.362. The number of amides is 2. The van der Waals surface area contributed by atoms with Crippen LogP contribution in [0, 0.1) is 11.7 Å². The number of carbonyl (C=O) groups is 2. The molecular weight excluding hydrogens is 271 g/mol. The molecule has 1 aromatic rings. The van der Waals surface area contributed by atoms with E-state index in [0.717, 1.165) is 12.8 Å². The Morgan fingerprint density at radius 3 is 2.52 bits per heavy atom. The molecular formula is C16H21FN2O2. The van der Waals surface area contributed by atoms with Crippen LogP contribution in [0.15, 0.2) is 24.3 Å². The van der Waals surface area contributed by atoms with Crippen molar-refractivity contribution in [2.75, 3.05) is 11.4 Å². The van der Waals surface area contributed by atoms with E-state index < -0.39 is 0 Å². The second-order valence-corrected chi connectivity index (χ2v) is 5.40. The van der Waals surface area contributed by atoms with Gasteiger partial charge in [0.25, 0.3) is 0 Å². The predicted molar refractivity (Wildman–Crippen MR) is 79.4 cm³/mol. The minimum atomic E-state index is -0.330. The lowest BCUT2D eigenvalue weighted by atomic mass is 10.0. The van der Waals surface area contributed by atoms with Crippen molar-refractivity contribution in [2.24, 2.45) is 5.92 Å². The number of rotatable bonds is 5. The zero-order valence-electron chi connectivity index (χ0n) is 12.4. The fourth-order valence-electron chi connectivity index (χ4n) is 2.65. The van der Waals surface area contributed by atoms with Crippen LogP contribution in [0.25, 0.3) is 0 Å². The summed E-state index contributed by atoms with van der Waals surface area (Å²) in [6.45, 7) is 4.41. The van der Waals surface area contributed by atoms with E-state index in [1.54, 1.807) is 17.0 Å². The first kappa shape index (κ1) is 15.5. The largest absolute Gasteiger partial charge is 0.351 e. The van der Waals surface area contributed by atoms with Gasteiger partial charge in [-0.25, -0.2) is 4.39 Å². The van der Waals surface area contributed by atoms with Crippen molar-refractivity contribution in [1.29, 1.82) is 0 Å². The molecule has 0 saturated carbocycles. The van der Waals surface area contributed by atoms with E-state index in [9.17, 15) is 14.0 Å². The fraction of sp³-hybridized carbons (Fsp3) is 0.500. The first-order chi connectivity index (χ1) is 10.0. The maximum atomic E-state index is 12.9.